The number of rotatable bonds is 7. The van der Waals surface area contributed by atoms with Crippen LogP contribution in [-0.4, -0.2) is 11.8 Å². The smallest absolute Gasteiger partial charge is 0.346 e. The second kappa shape index (κ2) is 9.87. The molecule has 6 heteroatoms. The lowest BCUT2D eigenvalue weighted by atomic mass is 10.0. The van der Waals surface area contributed by atoms with Crippen LogP contribution in [0, 0.1) is 11.6 Å². The molecule has 0 saturated heterocycles. The molecule has 164 valence electrons. The maximum atomic E-state index is 13.8. The van der Waals surface area contributed by atoms with E-state index in [1.54, 1.807) is 48.5 Å². The highest BCUT2D eigenvalue weighted by Gasteiger charge is 2.14. The number of esters is 1. The summed E-state index contributed by atoms with van der Waals surface area (Å²) in [6.07, 6.45) is 0.0727. The summed E-state index contributed by atoms with van der Waals surface area (Å²) in [5.74, 6) is -1.00. The van der Waals surface area contributed by atoms with Crippen LogP contribution in [0.3, 0.4) is 0 Å². The monoisotopic (exact) mass is 444 g/mol. The topological polar surface area (TPSA) is 52.6 Å². The molecule has 0 aliphatic rings. The number of hydrogen-bond donors (Lipinski definition) is 0. The fourth-order valence-electron chi connectivity index (χ4n) is 3.14. The first-order valence-corrected chi connectivity index (χ1v) is 10.1. The molecular formula is C27H18F2O4. The van der Waals surface area contributed by atoms with Gasteiger partial charge in [-0.2, -0.15) is 0 Å². The molecule has 0 radical (unpaired) electrons. The summed E-state index contributed by atoms with van der Waals surface area (Å²) in [5, 5.41) is 0. The van der Waals surface area contributed by atoms with Crippen molar-refractivity contribution < 1.29 is 27.8 Å². The zero-order valence-electron chi connectivity index (χ0n) is 17.3. The highest BCUT2D eigenvalue weighted by atomic mass is 19.1. The molecule has 4 aromatic rings. The minimum atomic E-state index is -0.790. The van der Waals surface area contributed by atoms with Gasteiger partial charge in [0.2, 0.25) is 0 Å². The van der Waals surface area contributed by atoms with Gasteiger partial charge in [0.05, 0.1) is 11.1 Å². The molecular weight excluding hydrogens is 426 g/mol. The molecule has 0 aliphatic carbocycles. The number of Topliss-reactive ketones (excluding diaryl/α,β-unsaturated/α-hetero) is 1. The van der Waals surface area contributed by atoms with E-state index in [9.17, 15) is 18.4 Å². The third kappa shape index (κ3) is 5.49. The van der Waals surface area contributed by atoms with Crippen LogP contribution >= 0.6 is 0 Å². The molecule has 0 fully saturated rings. The zero-order valence-corrected chi connectivity index (χ0v) is 17.3. The van der Waals surface area contributed by atoms with E-state index in [-0.39, 0.29) is 29.1 Å². The maximum Gasteiger partial charge on any atom is 0.346 e. The fourth-order valence-corrected chi connectivity index (χ4v) is 3.14. The first-order valence-electron chi connectivity index (χ1n) is 10.1. The molecule has 0 aromatic heterocycles. The molecule has 0 bridgehead atoms. The van der Waals surface area contributed by atoms with Crippen molar-refractivity contribution in [1.82, 2.24) is 0 Å². The van der Waals surface area contributed by atoms with Gasteiger partial charge < -0.3 is 9.47 Å². The normalized spacial score (nSPS) is 10.5. The van der Waals surface area contributed by atoms with Gasteiger partial charge in [0, 0.05) is 6.42 Å². The molecule has 0 N–H and O–H groups in total. The van der Waals surface area contributed by atoms with Gasteiger partial charge >= 0.3 is 5.97 Å². The van der Waals surface area contributed by atoms with Crippen molar-refractivity contribution >= 4 is 11.8 Å². The van der Waals surface area contributed by atoms with E-state index in [0.29, 0.717) is 11.5 Å². The van der Waals surface area contributed by atoms with Gasteiger partial charge in [-0.3, -0.25) is 4.79 Å². The minimum Gasteiger partial charge on any atom is -0.457 e. The number of benzene rings is 4. The summed E-state index contributed by atoms with van der Waals surface area (Å²) in [6.45, 7) is 0. The van der Waals surface area contributed by atoms with Crippen LogP contribution in [-0.2, 0) is 6.42 Å². The van der Waals surface area contributed by atoms with Crippen molar-refractivity contribution in [2.45, 2.75) is 6.42 Å². The SMILES string of the molecule is O=C(Cc1ccc(Oc2ccc(OC(=O)c3ccccc3F)cc2)cc1)c1ccccc1F. The molecule has 0 atom stereocenters. The Morgan fingerprint density at radius 3 is 1.67 bits per heavy atom. The third-order valence-electron chi connectivity index (χ3n) is 4.83. The lowest BCUT2D eigenvalue weighted by molar-refractivity contribution is 0.0729. The first-order chi connectivity index (χ1) is 16.0. The van der Waals surface area contributed by atoms with Crippen molar-refractivity contribution in [3.8, 4) is 17.2 Å². The molecule has 33 heavy (non-hydrogen) atoms. The number of ether oxygens (including phenoxy) is 2. The fraction of sp³-hybridized carbons (Fsp3) is 0.0370. The quantitative estimate of drug-likeness (QED) is 0.188. The Labute approximate surface area is 189 Å². The third-order valence-corrected chi connectivity index (χ3v) is 4.83. The predicted molar refractivity (Wildman–Crippen MR) is 119 cm³/mol. The summed E-state index contributed by atoms with van der Waals surface area (Å²) in [7, 11) is 0. The van der Waals surface area contributed by atoms with Gasteiger partial charge in [-0.05, 0) is 66.2 Å². The van der Waals surface area contributed by atoms with Crippen LogP contribution < -0.4 is 9.47 Å². The van der Waals surface area contributed by atoms with Gasteiger partial charge in [-0.1, -0.05) is 36.4 Å². The number of carbonyl (C=O) groups excluding carboxylic acids is 2. The Balaban J connectivity index is 1.35. The van der Waals surface area contributed by atoms with E-state index in [0.717, 1.165) is 5.56 Å². The van der Waals surface area contributed by atoms with Crippen LogP contribution in [0.2, 0.25) is 0 Å². The lowest BCUT2D eigenvalue weighted by Gasteiger charge is -2.09. The van der Waals surface area contributed by atoms with Gasteiger partial charge in [0.1, 0.15) is 28.9 Å². The van der Waals surface area contributed by atoms with Crippen LogP contribution in [0.4, 0.5) is 8.78 Å². The van der Waals surface area contributed by atoms with Crippen molar-refractivity contribution in [3.05, 3.63) is 125 Å². The zero-order chi connectivity index (χ0) is 23.2. The van der Waals surface area contributed by atoms with Crippen LogP contribution in [0.25, 0.3) is 0 Å². The largest absolute Gasteiger partial charge is 0.457 e. The summed E-state index contributed by atoms with van der Waals surface area (Å²) in [5.41, 5.74) is 0.644. The number of carbonyl (C=O) groups is 2. The molecule has 0 unspecified atom stereocenters. The van der Waals surface area contributed by atoms with Crippen molar-refractivity contribution in [1.29, 1.82) is 0 Å². The molecule has 0 aliphatic heterocycles. The summed E-state index contributed by atoms with van der Waals surface area (Å²) in [6, 6.07) is 24.6. The first kappa shape index (κ1) is 21.9. The van der Waals surface area contributed by atoms with E-state index in [4.69, 9.17) is 9.47 Å². The van der Waals surface area contributed by atoms with Crippen molar-refractivity contribution in [2.24, 2.45) is 0 Å². The Kier molecular flexibility index (Phi) is 6.55. The van der Waals surface area contributed by atoms with E-state index in [1.807, 2.05) is 0 Å². The van der Waals surface area contributed by atoms with Gasteiger partial charge in [-0.25, -0.2) is 13.6 Å². The summed E-state index contributed by atoms with van der Waals surface area (Å²) < 4.78 is 38.4. The molecule has 0 amide bonds. The highest BCUT2D eigenvalue weighted by Crippen LogP contribution is 2.25. The highest BCUT2D eigenvalue weighted by molar-refractivity contribution is 5.97. The Hall–Kier alpha value is -4.32. The Morgan fingerprint density at radius 1 is 0.606 bits per heavy atom. The molecule has 4 nitrogen and oxygen atoms in total. The van der Waals surface area contributed by atoms with E-state index in [1.165, 1.54) is 48.5 Å². The van der Waals surface area contributed by atoms with E-state index < -0.39 is 17.6 Å². The van der Waals surface area contributed by atoms with E-state index >= 15 is 0 Å². The van der Waals surface area contributed by atoms with Crippen LogP contribution in [0.1, 0.15) is 26.3 Å². The van der Waals surface area contributed by atoms with Crippen molar-refractivity contribution in [3.63, 3.8) is 0 Å². The summed E-state index contributed by atoms with van der Waals surface area (Å²) >= 11 is 0. The van der Waals surface area contributed by atoms with Crippen LogP contribution in [0.5, 0.6) is 17.2 Å². The van der Waals surface area contributed by atoms with Gasteiger partial charge in [0.15, 0.2) is 5.78 Å². The van der Waals surface area contributed by atoms with Crippen molar-refractivity contribution in [2.75, 3.05) is 0 Å². The second-order valence-corrected chi connectivity index (χ2v) is 7.17. The standard InChI is InChI=1S/C27H18F2O4/c28-24-7-3-1-5-22(24)26(30)17-18-9-11-19(12-10-18)32-20-13-15-21(16-14-20)33-27(31)23-6-2-4-8-25(23)29/h1-16H,17H2. The molecule has 0 saturated carbocycles. The molecule has 4 rings (SSSR count). The van der Waals surface area contributed by atoms with Crippen LogP contribution in [0.15, 0.2) is 97.1 Å². The molecule has 4 aromatic carbocycles. The predicted octanol–water partition coefficient (Wildman–Crippen LogP) is 6.40. The van der Waals surface area contributed by atoms with Gasteiger partial charge in [0.25, 0.3) is 0 Å². The van der Waals surface area contributed by atoms with Gasteiger partial charge in [-0.15, -0.1) is 0 Å². The maximum absolute atomic E-state index is 13.8. The lowest BCUT2D eigenvalue weighted by Crippen LogP contribution is -2.10. The summed E-state index contributed by atoms with van der Waals surface area (Å²) in [4.78, 5) is 24.4. The minimum absolute atomic E-state index is 0.0635. The number of hydrogen-bond acceptors (Lipinski definition) is 4. The average Bonchev–Trinajstić information content (AvgIpc) is 2.82. The average molecular weight is 444 g/mol. The molecule has 0 spiro atoms. The Morgan fingerprint density at radius 2 is 1.09 bits per heavy atom. The number of ketones is 1. The van der Waals surface area contributed by atoms with E-state index in [2.05, 4.69) is 0 Å². The second-order valence-electron chi connectivity index (χ2n) is 7.17. The molecule has 0 heterocycles. The Bertz CT molecular complexity index is 1180. The number of halogens is 2.